The minimum Gasteiger partial charge on any atom is -0.311 e. The number of rotatable bonds is 4. The van der Waals surface area contributed by atoms with Gasteiger partial charge in [-0.1, -0.05) is 18.2 Å². The van der Waals surface area contributed by atoms with Gasteiger partial charge >= 0.3 is 0 Å². The molecule has 0 fully saturated rings. The third-order valence-corrected chi connectivity index (χ3v) is 3.79. The molecule has 24 heavy (non-hydrogen) atoms. The van der Waals surface area contributed by atoms with Gasteiger partial charge in [0.05, 0.1) is 23.7 Å². The molecule has 0 aliphatic rings. The lowest BCUT2D eigenvalue weighted by Gasteiger charge is -2.12. The first-order chi connectivity index (χ1) is 11.5. The van der Waals surface area contributed by atoms with E-state index in [1.165, 1.54) is 4.68 Å². The van der Waals surface area contributed by atoms with Crippen molar-refractivity contribution in [2.75, 3.05) is 5.32 Å². The van der Waals surface area contributed by atoms with Crippen LogP contribution in [-0.2, 0) is 18.3 Å². The van der Waals surface area contributed by atoms with Crippen LogP contribution < -0.4 is 10.9 Å². The molecule has 0 saturated heterocycles. The van der Waals surface area contributed by atoms with Gasteiger partial charge < -0.3 is 5.32 Å². The Morgan fingerprint density at radius 2 is 1.92 bits per heavy atom. The second-order valence-corrected chi connectivity index (χ2v) is 5.90. The lowest BCUT2D eigenvalue weighted by Crippen LogP contribution is -2.24. The molecule has 0 unspecified atom stereocenters. The molecule has 2 aromatic heterocycles. The van der Waals surface area contributed by atoms with E-state index in [1.807, 2.05) is 26.0 Å². The summed E-state index contributed by atoms with van der Waals surface area (Å²) in [6.45, 7) is 3.98. The van der Waals surface area contributed by atoms with Crippen molar-refractivity contribution in [3.63, 3.8) is 0 Å². The fourth-order valence-corrected chi connectivity index (χ4v) is 2.67. The molecule has 1 amide bonds. The van der Waals surface area contributed by atoms with E-state index in [9.17, 15) is 9.59 Å². The molecular weight excluding hydrogens is 306 g/mol. The van der Waals surface area contributed by atoms with Crippen molar-refractivity contribution >= 4 is 22.5 Å². The first-order valence-corrected chi connectivity index (χ1v) is 7.75. The number of hydrogen-bond acceptors (Lipinski definition) is 4. The van der Waals surface area contributed by atoms with Gasteiger partial charge in [-0.05, 0) is 19.9 Å². The van der Waals surface area contributed by atoms with E-state index < -0.39 is 0 Å². The average molecular weight is 325 g/mol. The Bertz CT molecular complexity index is 955. The third-order valence-electron chi connectivity index (χ3n) is 3.79. The molecule has 7 heteroatoms. The highest BCUT2D eigenvalue weighted by atomic mass is 16.2. The van der Waals surface area contributed by atoms with Gasteiger partial charge in [0.15, 0.2) is 0 Å². The number of nitrogens with zero attached hydrogens (tertiary/aromatic N) is 4. The third kappa shape index (κ3) is 2.92. The highest BCUT2D eigenvalue weighted by molar-refractivity contribution is 5.94. The number of fused-ring (bicyclic) bond motifs is 1. The molecule has 0 spiro atoms. The first kappa shape index (κ1) is 15.9. The van der Waals surface area contributed by atoms with Crippen molar-refractivity contribution in [2.45, 2.75) is 26.3 Å². The standard InChI is InChI=1S/C17H19N5O2/c1-11(2)22-15(8-9-18-22)19-16(23)10-14-12-6-4-5-7-13(12)17(24)21(3)20-14/h4-9,11H,10H2,1-3H3,(H,19,23). The maximum Gasteiger partial charge on any atom is 0.274 e. The molecule has 3 rings (SSSR count). The van der Waals surface area contributed by atoms with Crippen LogP contribution in [0.4, 0.5) is 5.82 Å². The highest BCUT2D eigenvalue weighted by Crippen LogP contribution is 2.16. The van der Waals surface area contributed by atoms with Gasteiger partial charge in [0, 0.05) is 24.5 Å². The van der Waals surface area contributed by atoms with Crippen LogP contribution in [0.2, 0.25) is 0 Å². The average Bonchev–Trinajstić information content (AvgIpc) is 3.00. The minimum atomic E-state index is -0.200. The molecular formula is C17H19N5O2. The van der Waals surface area contributed by atoms with E-state index in [2.05, 4.69) is 15.5 Å². The Labute approximate surface area is 138 Å². The Morgan fingerprint density at radius 3 is 2.62 bits per heavy atom. The van der Waals surface area contributed by atoms with E-state index >= 15 is 0 Å². The summed E-state index contributed by atoms with van der Waals surface area (Å²) in [5.41, 5.74) is 0.397. The first-order valence-electron chi connectivity index (χ1n) is 7.75. The van der Waals surface area contributed by atoms with Crippen molar-refractivity contribution in [3.8, 4) is 0 Å². The summed E-state index contributed by atoms with van der Waals surface area (Å²) in [5.74, 6) is 0.442. The number of benzene rings is 1. The topological polar surface area (TPSA) is 81.8 Å². The lowest BCUT2D eigenvalue weighted by molar-refractivity contribution is -0.115. The maximum absolute atomic E-state index is 12.4. The van der Waals surface area contributed by atoms with Gasteiger partial charge in [0.2, 0.25) is 5.91 Å². The van der Waals surface area contributed by atoms with E-state index in [-0.39, 0.29) is 23.9 Å². The fraction of sp³-hybridized carbons (Fsp3) is 0.294. The van der Waals surface area contributed by atoms with Crippen molar-refractivity contribution in [2.24, 2.45) is 7.05 Å². The molecule has 3 aromatic rings. The zero-order valence-corrected chi connectivity index (χ0v) is 13.9. The Balaban J connectivity index is 1.90. The minimum absolute atomic E-state index is 0.0813. The number of nitrogens with one attached hydrogen (secondary N) is 1. The molecule has 0 radical (unpaired) electrons. The predicted octanol–water partition coefficient (Wildman–Crippen LogP) is 1.89. The second kappa shape index (κ2) is 6.27. The number of carbonyl (C=O) groups is 1. The molecule has 124 valence electrons. The lowest BCUT2D eigenvalue weighted by atomic mass is 10.1. The summed E-state index contributed by atoms with van der Waals surface area (Å²) in [7, 11) is 1.59. The van der Waals surface area contributed by atoms with Crippen LogP contribution >= 0.6 is 0 Å². The molecule has 0 aliphatic carbocycles. The fourth-order valence-electron chi connectivity index (χ4n) is 2.67. The smallest absolute Gasteiger partial charge is 0.274 e. The summed E-state index contributed by atoms with van der Waals surface area (Å²) in [4.78, 5) is 24.5. The zero-order chi connectivity index (χ0) is 17.3. The highest BCUT2D eigenvalue weighted by Gasteiger charge is 2.14. The van der Waals surface area contributed by atoms with E-state index in [4.69, 9.17) is 0 Å². The van der Waals surface area contributed by atoms with Crippen LogP contribution in [0.1, 0.15) is 25.6 Å². The van der Waals surface area contributed by atoms with Crippen molar-refractivity contribution in [1.29, 1.82) is 0 Å². The quantitative estimate of drug-likeness (QED) is 0.794. The molecule has 7 nitrogen and oxygen atoms in total. The van der Waals surface area contributed by atoms with Crippen LogP contribution in [0, 0.1) is 0 Å². The number of amides is 1. The van der Waals surface area contributed by atoms with Gasteiger partial charge in [0.25, 0.3) is 5.56 Å². The number of anilines is 1. The van der Waals surface area contributed by atoms with Gasteiger partial charge in [0.1, 0.15) is 5.82 Å². The number of aromatic nitrogens is 4. The summed E-state index contributed by atoms with van der Waals surface area (Å²) in [5, 5.41) is 12.6. The molecule has 2 heterocycles. The zero-order valence-electron chi connectivity index (χ0n) is 13.9. The second-order valence-electron chi connectivity index (χ2n) is 5.90. The summed E-state index contributed by atoms with van der Waals surface area (Å²) in [6.07, 6.45) is 1.73. The van der Waals surface area contributed by atoms with Gasteiger partial charge in [-0.15, -0.1) is 0 Å². The van der Waals surface area contributed by atoms with Crippen LogP contribution in [-0.4, -0.2) is 25.5 Å². The predicted molar refractivity (Wildman–Crippen MR) is 91.9 cm³/mol. The number of aryl methyl sites for hydroxylation is 1. The Morgan fingerprint density at radius 1 is 1.21 bits per heavy atom. The Kier molecular flexibility index (Phi) is 4.16. The van der Waals surface area contributed by atoms with E-state index in [0.717, 1.165) is 0 Å². The normalized spacial score (nSPS) is 11.2. The Hall–Kier alpha value is -2.96. The van der Waals surface area contributed by atoms with Gasteiger partial charge in [-0.2, -0.15) is 10.2 Å². The molecule has 1 aromatic carbocycles. The summed E-state index contributed by atoms with van der Waals surface area (Å²) < 4.78 is 3.01. The number of hydrogen-bond donors (Lipinski definition) is 1. The molecule has 0 saturated carbocycles. The summed E-state index contributed by atoms with van der Waals surface area (Å²) >= 11 is 0. The van der Waals surface area contributed by atoms with Crippen molar-refractivity contribution in [1.82, 2.24) is 19.6 Å². The largest absolute Gasteiger partial charge is 0.311 e. The SMILES string of the molecule is CC(C)n1nccc1NC(=O)Cc1nn(C)c(=O)c2ccccc12. The molecule has 0 atom stereocenters. The monoisotopic (exact) mass is 325 g/mol. The van der Waals surface area contributed by atoms with Crippen LogP contribution in [0.3, 0.4) is 0 Å². The van der Waals surface area contributed by atoms with Gasteiger partial charge in [-0.3, -0.25) is 9.59 Å². The molecule has 1 N–H and O–H groups in total. The van der Waals surface area contributed by atoms with Crippen molar-refractivity contribution in [3.05, 3.63) is 52.6 Å². The van der Waals surface area contributed by atoms with Gasteiger partial charge in [-0.25, -0.2) is 9.36 Å². The van der Waals surface area contributed by atoms with E-state index in [0.29, 0.717) is 22.3 Å². The number of carbonyl (C=O) groups excluding carboxylic acids is 1. The molecule has 0 aliphatic heterocycles. The van der Waals surface area contributed by atoms with Crippen molar-refractivity contribution < 1.29 is 4.79 Å². The van der Waals surface area contributed by atoms with Crippen LogP contribution in [0.5, 0.6) is 0 Å². The maximum atomic E-state index is 12.4. The molecule has 0 bridgehead atoms. The van der Waals surface area contributed by atoms with Crippen LogP contribution in [0.15, 0.2) is 41.3 Å². The van der Waals surface area contributed by atoms with Crippen LogP contribution in [0.25, 0.3) is 10.8 Å². The van der Waals surface area contributed by atoms with E-state index in [1.54, 1.807) is 36.1 Å². The summed E-state index contributed by atoms with van der Waals surface area (Å²) in [6, 6.07) is 9.09.